The lowest BCUT2D eigenvalue weighted by Crippen LogP contribution is -2.40. The van der Waals surface area contributed by atoms with Crippen LogP contribution in [0, 0.1) is 0 Å². The van der Waals surface area contributed by atoms with Crippen molar-refractivity contribution in [1.82, 2.24) is 5.32 Å². The molecule has 22 heavy (non-hydrogen) atoms. The molecule has 128 valence electrons. The maximum absolute atomic E-state index is 11.5. The van der Waals surface area contributed by atoms with Crippen molar-refractivity contribution < 1.29 is 33.4 Å². The van der Waals surface area contributed by atoms with Crippen LogP contribution in [0.2, 0.25) is 0 Å². The summed E-state index contributed by atoms with van der Waals surface area (Å²) in [6, 6.07) is -0.339. The zero-order valence-corrected chi connectivity index (χ0v) is 13.7. The van der Waals surface area contributed by atoms with Gasteiger partial charge in [0.25, 0.3) is 0 Å². The van der Waals surface area contributed by atoms with Gasteiger partial charge in [-0.15, -0.1) is 0 Å². The Hall–Kier alpha value is -0.475. The summed E-state index contributed by atoms with van der Waals surface area (Å²) in [4.78, 5) is 29.4. The molecule has 0 radical (unpaired) electrons. The normalized spacial score (nSPS) is 28.7. The monoisotopic (exact) mass is 338 g/mol. The zero-order valence-electron chi connectivity index (χ0n) is 12.8. The fourth-order valence-corrected chi connectivity index (χ4v) is 2.98. The Balaban J connectivity index is 2.52. The van der Waals surface area contributed by atoms with Crippen molar-refractivity contribution in [2.75, 3.05) is 33.0 Å². The highest BCUT2D eigenvalue weighted by molar-refractivity contribution is 7.51. The number of rotatable bonds is 9. The van der Waals surface area contributed by atoms with Crippen molar-refractivity contribution in [3.05, 3.63) is 0 Å². The molecule has 4 atom stereocenters. The van der Waals surface area contributed by atoms with Gasteiger partial charge >= 0.3 is 7.60 Å². The minimum Gasteiger partial charge on any atom is -0.378 e. The minimum atomic E-state index is -4.09. The Labute approximate surface area is 130 Å². The molecule has 1 aliphatic rings. The van der Waals surface area contributed by atoms with Gasteiger partial charge < -0.3 is 35.0 Å². The van der Waals surface area contributed by atoms with E-state index in [2.05, 4.69) is 5.32 Å². The van der Waals surface area contributed by atoms with Crippen molar-refractivity contribution >= 4 is 21.3 Å². The number of hydrogen-bond acceptors (Lipinski definition) is 6. The molecule has 1 amide bonds. The van der Waals surface area contributed by atoms with Gasteiger partial charge in [0.15, 0.2) is 0 Å². The first-order chi connectivity index (χ1) is 10.3. The Morgan fingerprint density at radius 1 is 1.45 bits per heavy atom. The van der Waals surface area contributed by atoms with Crippen molar-refractivity contribution in [2.24, 2.45) is 5.73 Å². The Morgan fingerprint density at radius 2 is 2.14 bits per heavy atom. The van der Waals surface area contributed by atoms with Crippen molar-refractivity contribution in [3.63, 3.8) is 0 Å². The lowest BCUT2D eigenvalue weighted by Gasteiger charge is -2.22. The molecule has 0 unspecified atom stereocenters. The molecule has 1 saturated heterocycles. The second kappa shape index (κ2) is 8.98. The second-order valence-corrected chi connectivity index (χ2v) is 6.95. The molecule has 0 bridgehead atoms. The molecule has 11 heteroatoms. The predicted molar refractivity (Wildman–Crippen MR) is 81.3 cm³/mol. The highest BCUT2D eigenvalue weighted by atomic mass is 31.2. The SMILES string of the molecule is B[C@@H]1O[C@H](CCP(=O)(O)O)[C@@H](OC)[C@H]1OCC(=O)NCCN. The number of nitrogens with two attached hydrogens (primary N) is 1. The van der Waals surface area contributed by atoms with Crippen LogP contribution in [0.1, 0.15) is 6.42 Å². The maximum atomic E-state index is 11.5. The fourth-order valence-electron chi connectivity index (χ4n) is 2.39. The quantitative estimate of drug-likeness (QED) is 0.265. The van der Waals surface area contributed by atoms with E-state index < -0.39 is 25.9 Å². The minimum absolute atomic E-state index is 0.149. The van der Waals surface area contributed by atoms with Crippen molar-refractivity contribution in [2.45, 2.75) is 30.7 Å². The summed E-state index contributed by atoms with van der Waals surface area (Å²) in [6.45, 7) is 0.570. The van der Waals surface area contributed by atoms with Gasteiger partial charge in [0.2, 0.25) is 5.91 Å². The van der Waals surface area contributed by atoms with Crippen molar-refractivity contribution in [1.29, 1.82) is 0 Å². The number of hydrogen-bond donors (Lipinski definition) is 4. The van der Waals surface area contributed by atoms with E-state index in [0.717, 1.165) is 0 Å². The first kappa shape index (κ1) is 19.6. The molecule has 5 N–H and O–H groups in total. The summed E-state index contributed by atoms with van der Waals surface area (Å²) in [6.07, 6.45) is -1.57. The summed E-state index contributed by atoms with van der Waals surface area (Å²) >= 11 is 0. The molecule has 1 rings (SSSR count). The smallest absolute Gasteiger partial charge is 0.325 e. The predicted octanol–water partition coefficient (Wildman–Crippen LogP) is -2.61. The first-order valence-electron chi connectivity index (χ1n) is 7.09. The van der Waals surface area contributed by atoms with Crippen LogP contribution >= 0.6 is 7.60 Å². The molecular weight excluding hydrogens is 314 g/mol. The molecular formula is C11H24BN2O7P. The van der Waals surface area contributed by atoms with Crippen LogP contribution in [-0.4, -0.2) is 80.8 Å². The summed E-state index contributed by atoms with van der Waals surface area (Å²) in [5, 5.41) is 2.59. The van der Waals surface area contributed by atoms with Crippen LogP contribution in [0.3, 0.4) is 0 Å². The van der Waals surface area contributed by atoms with Crippen LogP contribution in [-0.2, 0) is 23.6 Å². The van der Waals surface area contributed by atoms with E-state index in [9.17, 15) is 9.36 Å². The summed E-state index contributed by atoms with van der Waals surface area (Å²) in [5.74, 6) is -0.286. The Kier molecular flexibility index (Phi) is 7.99. The Morgan fingerprint density at radius 3 is 2.68 bits per heavy atom. The number of carbonyl (C=O) groups is 1. The van der Waals surface area contributed by atoms with Crippen LogP contribution in [0.15, 0.2) is 0 Å². The molecule has 9 nitrogen and oxygen atoms in total. The Bertz CT molecular complexity index is 408. The van der Waals surface area contributed by atoms with Gasteiger partial charge in [-0.1, -0.05) is 0 Å². The van der Waals surface area contributed by atoms with Gasteiger partial charge in [-0.2, -0.15) is 0 Å². The van der Waals surface area contributed by atoms with E-state index in [4.69, 9.17) is 29.7 Å². The molecule has 0 aromatic heterocycles. The molecule has 1 fully saturated rings. The lowest BCUT2D eigenvalue weighted by atomic mass is 9.92. The van der Waals surface area contributed by atoms with Crippen LogP contribution < -0.4 is 11.1 Å². The zero-order chi connectivity index (χ0) is 16.8. The summed E-state index contributed by atoms with van der Waals surface area (Å²) in [7, 11) is -0.847. The average molecular weight is 338 g/mol. The number of amides is 1. The lowest BCUT2D eigenvalue weighted by molar-refractivity contribution is -0.130. The van der Waals surface area contributed by atoms with E-state index >= 15 is 0 Å². The number of methoxy groups -OCH3 is 1. The maximum Gasteiger partial charge on any atom is 0.325 e. The van der Waals surface area contributed by atoms with Gasteiger partial charge in [-0.05, 0) is 6.42 Å². The summed E-state index contributed by atoms with van der Waals surface area (Å²) in [5.41, 5.74) is 5.29. The number of ether oxygens (including phenoxy) is 3. The van der Waals surface area contributed by atoms with Gasteiger partial charge in [-0.25, -0.2) is 0 Å². The first-order valence-corrected chi connectivity index (χ1v) is 8.89. The molecule has 0 aromatic carbocycles. The topological polar surface area (TPSA) is 140 Å². The highest BCUT2D eigenvalue weighted by Crippen LogP contribution is 2.38. The second-order valence-electron chi connectivity index (χ2n) is 5.17. The van der Waals surface area contributed by atoms with Gasteiger partial charge in [0, 0.05) is 20.2 Å². The molecule has 1 heterocycles. The van der Waals surface area contributed by atoms with E-state index in [1.165, 1.54) is 7.11 Å². The molecule has 0 saturated carbocycles. The van der Waals surface area contributed by atoms with E-state index in [1.54, 1.807) is 7.85 Å². The van der Waals surface area contributed by atoms with Gasteiger partial charge in [0.05, 0.1) is 18.3 Å². The molecule has 0 aromatic rings. The van der Waals surface area contributed by atoms with Crippen LogP contribution in [0.5, 0.6) is 0 Å². The number of carbonyl (C=O) groups excluding carboxylic acids is 1. The third kappa shape index (κ3) is 6.33. The summed E-state index contributed by atoms with van der Waals surface area (Å²) < 4.78 is 27.5. The van der Waals surface area contributed by atoms with Crippen molar-refractivity contribution in [3.8, 4) is 0 Å². The van der Waals surface area contributed by atoms with Gasteiger partial charge in [-0.3, -0.25) is 9.36 Å². The molecule has 1 aliphatic heterocycles. The standard InChI is InChI=1S/C11H24BN2O7P/c1-19-9-7(2-5-22(16,17)18)21-11(12)10(9)20-6-8(15)14-4-3-13/h7,9-11H,2-6,12-13H2,1H3,(H,14,15)(H2,16,17,18)/t7-,9-,10-,11-/m1/s1. The fraction of sp³-hybridized carbons (Fsp3) is 0.909. The van der Waals surface area contributed by atoms with Crippen LogP contribution in [0.4, 0.5) is 0 Å². The largest absolute Gasteiger partial charge is 0.378 e. The third-order valence-electron chi connectivity index (χ3n) is 3.39. The third-order valence-corrected chi connectivity index (χ3v) is 4.23. The number of nitrogens with one attached hydrogen (secondary N) is 1. The van der Waals surface area contributed by atoms with E-state index in [0.29, 0.717) is 13.1 Å². The highest BCUT2D eigenvalue weighted by Gasteiger charge is 2.43. The van der Waals surface area contributed by atoms with E-state index in [1.807, 2.05) is 0 Å². The molecule has 0 aliphatic carbocycles. The van der Waals surface area contributed by atoms with Crippen LogP contribution in [0.25, 0.3) is 0 Å². The van der Waals surface area contributed by atoms with Gasteiger partial charge in [0.1, 0.15) is 26.7 Å². The molecule has 0 spiro atoms. The average Bonchev–Trinajstić information content (AvgIpc) is 2.75. The van der Waals surface area contributed by atoms with E-state index in [-0.39, 0.29) is 31.1 Å².